The van der Waals surface area contributed by atoms with Crippen molar-refractivity contribution in [1.29, 1.82) is 0 Å². The van der Waals surface area contributed by atoms with E-state index >= 15 is 0 Å². The monoisotopic (exact) mass is 260 g/mol. The number of anilines is 1. The molecule has 0 saturated heterocycles. The van der Waals surface area contributed by atoms with Crippen LogP contribution < -0.4 is 5.32 Å². The van der Waals surface area contributed by atoms with Gasteiger partial charge in [0.2, 0.25) is 0 Å². The summed E-state index contributed by atoms with van der Waals surface area (Å²) in [6, 6.07) is 10.8. The molecule has 0 spiro atoms. The second-order valence-corrected chi connectivity index (χ2v) is 3.74. The Kier molecular flexibility index (Phi) is 3.51. The van der Waals surface area contributed by atoms with Gasteiger partial charge >= 0.3 is 0 Å². The Bertz CT molecular complexity index is 643. The molecule has 6 heteroatoms. The van der Waals surface area contributed by atoms with Gasteiger partial charge in [0.15, 0.2) is 0 Å². The minimum atomic E-state index is -0.603. The van der Waals surface area contributed by atoms with Crippen LogP contribution in [0.25, 0.3) is 0 Å². The number of rotatable bonds is 3. The van der Waals surface area contributed by atoms with Crippen LogP contribution in [0, 0.1) is 15.9 Å². The van der Waals surface area contributed by atoms with Crippen LogP contribution in [0.4, 0.5) is 15.8 Å². The van der Waals surface area contributed by atoms with E-state index in [4.69, 9.17) is 0 Å². The molecule has 96 valence electrons. The van der Waals surface area contributed by atoms with E-state index in [1.54, 1.807) is 6.07 Å². The quantitative estimate of drug-likeness (QED) is 0.681. The van der Waals surface area contributed by atoms with Crippen molar-refractivity contribution in [3.63, 3.8) is 0 Å². The summed E-state index contributed by atoms with van der Waals surface area (Å²) < 4.78 is 13.0. The lowest BCUT2D eigenvalue weighted by atomic mass is 10.2. The van der Waals surface area contributed by atoms with E-state index in [0.29, 0.717) is 0 Å². The van der Waals surface area contributed by atoms with E-state index in [-0.39, 0.29) is 16.9 Å². The summed E-state index contributed by atoms with van der Waals surface area (Å²) in [5.74, 6) is -1.15. The Morgan fingerprint density at radius 3 is 2.58 bits per heavy atom. The molecule has 0 saturated carbocycles. The van der Waals surface area contributed by atoms with Gasteiger partial charge in [0.05, 0.1) is 4.92 Å². The highest BCUT2D eigenvalue weighted by molar-refractivity contribution is 6.05. The number of hydrogen-bond acceptors (Lipinski definition) is 3. The lowest BCUT2D eigenvalue weighted by Crippen LogP contribution is -2.13. The van der Waals surface area contributed by atoms with E-state index < -0.39 is 16.6 Å². The molecule has 1 amide bonds. The Hall–Kier alpha value is -2.76. The van der Waals surface area contributed by atoms with Crippen molar-refractivity contribution in [2.75, 3.05) is 5.32 Å². The largest absolute Gasteiger partial charge is 0.316 e. The van der Waals surface area contributed by atoms with E-state index in [2.05, 4.69) is 5.32 Å². The zero-order valence-electron chi connectivity index (χ0n) is 9.67. The van der Waals surface area contributed by atoms with Gasteiger partial charge in [0, 0.05) is 11.6 Å². The normalized spacial score (nSPS) is 9.95. The molecule has 0 aromatic heterocycles. The molecule has 0 fully saturated rings. The van der Waals surface area contributed by atoms with Gasteiger partial charge in [-0.05, 0) is 24.3 Å². The third-order valence-corrected chi connectivity index (χ3v) is 2.44. The van der Waals surface area contributed by atoms with E-state index in [1.807, 2.05) is 0 Å². The number of nitrogens with one attached hydrogen (secondary N) is 1. The maximum Gasteiger partial charge on any atom is 0.292 e. The number of nitrogens with zero attached hydrogens (tertiary/aromatic N) is 1. The van der Waals surface area contributed by atoms with Crippen molar-refractivity contribution in [3.8, 4) is 0 Å². The Morgan fingerprint density at radius 1 is 1.16 bits per heavy atom. The first kappa shape index (κ1) is 12.7. The number of nitro groups is 1. The maximum atomic E-state index is 13.0. The highest BCUT2D eigenvalue weighted by atomic mass is 19.1. The van der Waals surface area contributed by atoms with Crippen molar-refractivity contribution < 1.29 is 14.1 Å². The van der Waals surface area contributed by atoms with Crippen molar-refractivity contribution in [2.45, 2.75) is 0 Å². The number of para-hydroxylation sites is 2. The van der Waals surface area contributed by atoms with Crippen LogP contribution in [0.2, 0.25) is 0 Å². The molecular formula is C13H9FN2O3. The number of amides is 1. The van der Waals surface area contributed by atoms with Crippen molar-refractivity contribution in [2.24, 2.45) is 0 Å². The summed E-state index contributed by atoms with van der Waals surface area (Å²) in [5, 5.41) is 13.2. The molecule has 0 radical (unpaired) electrons. The molecule has 1 N–H and O–H groups in total. The molecule has 2 aromatic rings. The number of nitro benzene ring substituents is 1. The molecule has 5 nitrogen and oxygen atoms in total. The fraction of sp³-hybridized carbons (Fsp3) is 0. The first-order valence-electron chi connectivity index (χ1n) is 5.38. The van der Waals surface area contributed by atoms with Crippen LogP contribution in [0.3, 0.4) is 0 Å². The van der Waals surface area contributed by atoms with Crippen LogP contribution >= 0.6 is 0 Å². The summed E-state index contributed by atoms with van der Waals surface area (Å²) in [6.45, 7) is 0. The molecule has 2 aromatic carbocycles. The van der Waals surface area contributed by atoms with Crippen molar-refractivity contribution in [3.05, 3.63) is 70.0 Å². The molecule has 0 aliphatic carbocycles. The molecule has 19 heavy (non-hydrogen) atoms. The van der Waals surface area contributed by atoms with Crippen molar-refractivity contribution >= 4 is 17.3 Å². The Morgan fingerprint density at radius 2 is 1.89 bits per heavy atom. The number of hydrogen-bond donors (Lipinski definition) is 1. The van der Waals surface area contributed by atoms with Gasteiger partial charge in [-0.2, -0.15) is 0 Å². The van der Waals surface area contributed by atoms with Gasteiger partial charge in [-0.15, -0.1) is 0 Å². The lowest BCUT2D eigenvalue weighted by molar-refractivity contribution is -0.383. The van der Waals surface area contributed by atoms with E-state index in [1.165, 1.54) is 36.4 Å². The lowest BCUT2D eigenvalue weighted by Gasteiger charge is -2.05. The van der Waals surface area contributed by atoms with E-state index in [0.717, 1.165) is 6.07 Å². The average molecular weight is 260 g/mol. The SMILES string of the molecule is O=C(Nc1ccccc1[N+](=O)[O-])c1cccc(F)c1. The summed E-state index contributed by atoms with van der Waals surface area (Å²) >= 11 is 0. The van der Waals surface area contributed by atoms with Gasteiger partial charge in [-0.1, -0.05) is 18.2 Å². The predicted octanol–water partition coefficient (Wildman–Crippen LogP) is 2.99. The molecule has 0 unspecified atom stereocenters. The summed E-state index contributed by atoms with van der Waals surface area (Å²) in [5.41, 5.74) is -0.0489. The minimum Gasteiger partial charge on any atom is -0.316 e. The third-order valence-electron chi connectivity index (χ3n) is 2.44. The van der Waals surface area contributed by atoms with Crippen LogP contribution in [-0.4, -0.2) is 10.8 Å². The molecule has 0 aliphatic rings. The standard InChI is InChI=1S/C13H9FN2O3/c14-10-5-3-4-9(8-10)13(17)15-11-6-1-2-7-12(11)16(18)19/h1-8H,(H,15,17). The molecule has 2 rings (SSSR count). The molecule has 0 bridgehead atoms. The molecule has 0 aliphatic heterocycles. The first-order chi connectivity index (χ1) is 9.08. The molecule has 0 heterocycles. The maximum absolute atomic E-state index is 13.0. The van der Waals surface area contributed by atoms with Crippen LogP contribution in [0.5, 0.6) is 0 Å². The van der Waals surface area contributed by atoms with Crippen LogP contribution in [0.15, 0.2) is 48.5 Å². The fourth-order valence-electron chi connectivity index (χ4n) is 1.56. The zero-order valence-corrected chi connectivity index (χ0v) is 9.67. The first-order valence-corrected chi connectivity index (χ1v) is 5.38. The van der Waals surface area contributed by atoms with Crippen LogP contribution in [0.1, 0.15) is 10.4 Å². The summed E-state index contributed by atoms with van der Waals surface area (Å²) in [6.07, 6.45) is 0. The average Bonchev–Trinajstić information content (AvgIpc) is 2.39. The highest BCUT2D eigenvalue weighted by Gasteiger charge is 2.15. The summed E-state index contributed by atoms with van der Waals surface area (Å²) in [7, 11) is 0. The van der Waals surface area contributed by atoms with Gasteiger partial charge in [-0.3, -0.25) is 14.9 Å². The second-order valence-electron chi connectivity index (χ2n) is 3.74. The Labute approximate surface area is 107 Å². The van der Waals surface area contributed by atoms with Crippen LogP contribution in [-0.2, 0) is 0 Å². The van der Waals surface area contributed by atoms with E-state index in [9.17, 15) is 19.3 Å². The predicted molar refractivity (Wildman–Crippen MR) is 67.4 cm³/mol. The molecule has 0 atom stereocenters. The van der Waals surface area contributed by atoms with Gasteiger partial charge in [0.25, 0.3) is 11.6 Å². The topological polar surface area (TPSA) is 72.2 Å². The number of benzene rings is 2. The number of carbonyl (C=O) groups excluding carboxylic acids is 1. The highest BCUT2D eigenvalue weighted by Crippen LogP contribution is 2.23. The van der Waals surface area contributed by atoms with Gasteiger partial charge in [0.1, 0.15) is 11.5 Å². The zero-order chi connectivity index (χ0) is 13.8. The fourth-order valence-corrected chi connectivity index (χ4v) is 1.56. The van der Waals surface area contributed by atoms with Crippen molar-refractivity contribution in [1.82, 2.24) is 0 Å². The number of carbonyl (C=O) groups is 1. The minimum absolute atomic E-state index is 0.0711. The summed E-state index contributed by atoms with van der Waals surface area (Å²) in [4.78, 5) is 22.0. The Balaban J connectivity index is 2.27. The van der Waals surface area contributed by atoms with Gasteiger partial charge in [-0.25, -0.2) is 4.39 Å². The third kappa shape index (κ3) is 2.92. The number of halogens is 1. The second kappa shape index (κ2) is 5.26. The van der Waals surface area contributed by atoms with Gasteiger partial charge < -0.3 is 5.32 Å². The smallest absolute Gasteiger partial charge is 0.292 e. The molecular weight excluding hydrogens is 251 g/mol.